The van der Waals surface area contributed by atoms with Crippen molar-refractivity contribution in [2.45, 2.75) is 24.5 Å². The molecule has 0 aliphatic carbocycles. The van der Waals surface area contributed by atoms with Crippen LogP contribution in [0.4, 0.5) is 5.82 Å². The zero-order chi connectivity index (χ0) is 21.7. The van der Waals surface area contributed by atoms with Gasteiger partial charge in [-0.1, -0.05) is 0 Å². The average Bonchev–Trinajstić information content (AvgIpc) is 3.28. The third-order valence-electron chi connectivity index (χ3n) is 5.22. The molecule has 1 aliphatic heterocycles. The van der Waals surface area contributed by atoms with Gasteiger partial charge in [-0.15, -0.1) is 0 Å². The molecule has 4 aromatic rings. The topological polar surface area (TPSA) is 129 Å². The summed E-state index contributed by atoms with van der Waals surface area (Å²) in [6.07, 6.45) is -0.645. The number of anilines is 1. The van der Waals surface area contributed by atoms with Crippen LogP contribution in [0.5, 0.6) is 5.75 Å². The number of nitrogens with two attached hydrogens (primary N) is 1. The van der Waals surface area contributed by atoms with Gasteiger partial charge in [0.1, 0.15) is 42.1 Å². The van der Waals surface area contributed by atoms with Crippen molar-refractivity contribution in [1.29, 1.82) is 0 Å². The number of pyridine rings is 1. The quantitative estimate of drug-likeness (QED) is 0.360. The molecule has 0 saturated carbocycles. The van der Waals surface area contributed by atoms with Crippen molar-refractivity contribution >= 4 is 55.3 Å². The molecule has 4 heterocycles. The SMILES string of the molecule is Nc1nc(Cl)nc2c1ccn2[C@@H]1O[C@H](COc2ccc3cc(Br)cnc3c2)[C@@H](O)[C@H]1O. The molecule has 3 aromatic heterocycles. The van der Waals surface area contributed by atoms with Crippen LogP contribution in [-0.4, -0.2) is 54.7 Å². The number of rotatable bonds is 4. The smallest absolute Gasteiger partial charge is 0.226 e. The molecule has 1 aromatic carbocycles. The summed E-state index contributed by atoms with van der Waals surface area (Å²) in [5.41, 5.74) is 7.07. The largest absolute Gasteiger partial charge is 0.491 e. The number of benzene rings is 1. The van der Waals surface area contributed by atoms with E-state index in [1.54, 1.807) is 29.1 Å². The Morgan fingerprint density at radius 1 is 1.19 bits per heavy atom. The summed E-state index contributed by atoms with van der Waals surface area (Å²) in [5.74, 6) is 0.799. The van der Waals surface area contributed by atoms with Gasteiger partial charge in [0, 0.05) is 28.3 Å². The molecular weight excluding hydrogens is 490 g/mol. The molecular formula is C20H17BrClN5O4. The van der Waals surface area contributed by atoms with Crippen molar-refractivity contribution < 1.29 is 19.7 Å². The highest BCUT2D eigenvalue weighted by Crippen LogP contribution is 2.34. The molecule has 1 saturated heterocycles. The molecule has 4 N–H and O–H groups in total. The van der Waals surface area contributed by atoms with E-state index in [-0.39, 0.29) is 17.7 Å². The highest BCUT2D eigenvalue weighted by Gasteiger charge is 2.44. The second kappa shape index (κ2) is 7.88. The van der Waals surface area contributed by atoms with Crippen LogP contribution in [-0.2, 0) is 4.74 Å². The van der Waals surface area contributed by atoms with Crippen LogP contribution in [0.2, 0.25) is 5.28 Å². The lowest BCUT2D eigenvalue weighted by molar-refractivity contribution is -0.0471. The lowest BCUT2D eigenvalue weighted by atomic mass is 10.1. The van der Waals surface area contributed by atoms with Crippen molar-refractivity contribution in [3.05, 3.63) is 52.5 Å². The van der Waals surface area contributed by atoms with E-state index in [2.05, 4.69) is 30.9 Å². The summed E-state index contributed by atoms with van der Waals surface area (Å²) in [4.78, 5) is 12.4. The van der Waals surface area contributed by atoms with Gasteiger partial charge >= 0.3 is 0 Å². The number of aliphatic hydroxyl groups excluding tert-OH is 2. The highest BCUT2D eigenvalue weighted by molar-refractivity contribution is 9.10. The summed E-state index contributed by atoms with van der Waals surface area (Å²) in [6, 6.07) is 9.17. The fourth-order valence-corrected chi connectivity index (χ4v) is 4.19. The first-order valence-electron chi connectivity index (χ1n) is 9.40. The molecule has 0 bridgehead atoms. The van der Waals surface area contributed by atoms with E-state index in [9.17, 15) is 10.2 Å². The Balaban J connectivity index is 1.35. The van der Waals surface area contributed by atoms with Gasteiger partial charge in [0.05, 0.1) is 10.9 Å². The molecule has 0 unspecified atom stereocenters. The van der Waals surface area contributed by atoms with Crippen LogP contribution in [0.25, 0.3) is 21.9 Å². The number of nitrogens with zero attached hydrogens (tertiary/aromatic N) is 4. The Hall–Kier alpha value is -2.50. The number of fused-ring (bicyclic) bond motifs is 2. The van der Waals surface area contributed by atoms with Gasteiger partial charge in [0.15, 0.2) is 6.23 Å². The molecule has 160 valence electrons. The van der Waals surface area contributed by atoms with Gasteiger partial charge in [-0.25, -0.2) is 4.98 Å². The molecule has 11 heteroatoms. The van der Waals surface area contributed by atoms with E-state index < -0.39 is 24.5 Å². The Morgan fingerprint density at radius 3 is 2.87 bits per heavy atom. The second-order valence-electron chi connectivity index (χ2n) is 7.20. The van der Waals surface area contributed by atoms with Crippen LogP contribution >= 0.6 is 27.5 Å². The molecule has 9 nitrogen and oxygen atoms in total. The Kier molecular flexibility index (Phi) is 5.19. The van der Waals surface area contributed by atoms with E-state index >= 15 is 0 Å². The molecule has 1 aliphatic rings. The first kappa shape index (κ1) is 20.4. The van der Waals surface area contributed by atoms with Crippen molar-refractivity contribution in [2.24, 2.45) is 0 Å². The summed E-state index contributed by atoms with van der Waals surface area (Å²) in [5, 5.41) is 22.6. The van der Waals surface area contributed by atoms with Gasteiger partial charge in [-0.2, -0.15) is 4.98 Å². The summed E-state index contributed by atoms with van der Waals surface area (Å²) >= 11 is 9.32. The molecule has 31 heavy (non-hydrogen) atoms. The molecule has 1 fully saturated rings. The Labute approximate surface area is 189 Å². The third-order valence-corrected chi connectivity index (χ3v) is 5.82. The fraction of sp³-hybridized carbons (Fsp3) is 0.250. The predicted octanol–water partition coefficient (Wildman–Crippen LogP) is 2.68. The minimum atomic E-state index is -1.20. The number of aliphatic hydroxyl groups is 2. The maximum Gasteiger partial charge on any atom is 0.226 e. The van der Waals surface area contributed by atoms with Gasteiger partial charge < -0.3 is 30.0 Å². The van der Waals surface area contributed by atoms with E-state index in [1.165, 1.54) is 0 Å². The lowest BCUT2D eigenvalue weighted by Gasteiger charge is -2.17. The monoisotopic (exact) mass is 505 g/mol. The molecule has 0 spiro atoms. The molecule has 5 rings (SSSR count). The number of nitrogen functional groups attached to an aromatic ring is 1. The van der Waals surface area contributed by atoms with Crippen LogP contribution < -0.4 is 10.5 Å². The van der Waals surface area contributed by atoms with Crippen molar-refractivity contribution in [2.75, 3.05) is 12.3 Å². The number of hydrogen-bond donors (Lipinski definition) is 3. The van der Waals surface area contributed by atoms with Crippen LogP contribution in [0.3, 0.4) is 0 Å². The number of aromatic nitrogens is 4. The minimum absolute atomic E-state index is 0.0187. The third kappa shape index (κ3) is 3.70. The van der Waals surface area contributed by atoms with Gasteiger partial charge in [-0.3, -0.25) is 4.98 Å². The first-order valence-corrected chi connectivity index (χ1v) is 10.6. The van der Waals surface area contributed by atoms with Crippen LogP contribution in [0.15, 0.2) is 47.2 Å². The Morgan fingerprint density at radius 2 is 2.03 bits per heavy atom. The first-order chi connectivity index (χ1) is 14.9. The van der Waals surface area contributed by atoms with Crippen molar-refractivity contribution in [1.82, 2.24) is 19.5 Å². The highest BCUT2D eigenvalue weighted by atomic mass is 79.9. The van der Waals surface area contributed by atoms with Crippen LogP contribution in [0.1, 0.15) is 6.23 Å². The van der Waals surface area contributed by atoms with E-state index in [0.29, 0.717) is 16.8 Å². The summed E-state index contributed by atoms with van der Waals surface area (Å²) < 4.78 is 14.2. The van der Waals surface area contributed by atoms with E-state index in [0.717, 1.165) is 15.4 Å². The molecule has 0 radical (unpaired) electrons. The molecule has 0 amide bonds. The van der Waals surface area contributed by atoms with Gasteiger partial charge in [0.2, 0.25) is 5.28 Å². The average molecular weight is 507 g/mol. The normalized spacial score (nSPS) is 23.6. The number of hydrogen-bond acceptors (Lipinski definition) is 8. The maximum atomic E-state index is 10.6. The zero-order valence-electron chi connectivity index (χ0n) is 15.9. The summed E-state index contributed by atoms with van der Waals surface area (Å²) in [7, 11) is 0. The van der Waals surface area contributed by atoms with Gasteiger partial charge in [-0.05, 0) is 51.8 Å². The fourth-order valence-electron chi connectivity index (χ4n) is 3.67. The van der Waals surface area contributed by atoms with E-state index in [4.69, 9.17) is 26.8 Å². The van der Waals surface area contributed by atoms with Crippen molar-refractivity contribution in [3.8, 4) is 5.75 Å². The maximum absolute atomic E-state index is 10.6. The summed E-state index contributed by atoms with van der Waals surface area (Å²) in [6.45, 7) is 0.0356. The van der Waals surface area contributed by atoms with Gasteiger partial charge in [0.25, 0.3) is 0 Å². The van der Waals surface area contributed by atoms with Crippen molar-refractivity contribution in [3.63, 3.8) is 0 Å². The Bertz CT molecular complexity index is 1290. The zero-order valence-corrected chi connectivity index (χ0v) is 18.2. The van der Waals surface area contributed by atoms with Crippen LogP contribution in [0, 0.1) is 0 Å². The minimum Gasteiger partial charge on any atom is -0.491 e. The second-order valence-corrected chi connectivity index (χ2v) is 8.46. The molecule has 4 atom stereocenters. The predicted molar refractivity (Wildman–Crippen MR) is 118 cm³/mol. The number of ether oxygens (including phenoxy) is 2. The standard InChI is InChI=1S/C20H17BrClN5O4/c21-10-5-9-1-2-11(6-13(9)24-7-10)30-8-14-15(28)16(29)19(31-14)27-4-3-12-17(23)25-20(22)26-18(12)27/h1-7,14-16,19,28-29H,8H2,(H2,23,25,26)/t14-,15-,16-,19-/m1/s1. The number of halogens is 2. The van der Waals surface area contributed by atoms with E-state index in [1.807, 2.05) is 18.2 Å². The lowest BCUT2D eigenvalue weighted by Crippen LogP contribution is -2.34.